The molecule has 2 rings (SSSR count). The van der Waals surface area contributed by atoms with Gasteiger partial charge in [0.15, 0.2) is 0 Å². The predicted molar refractivity (Wildman–Crippen MR) is 68.0 cm³/mol. The minimum atomic E-state index is -0.750. The zero-order chi connectivity index (χ0) is 13.0. The van der Waals surface area contributed by atoms with Gasteiger partial charge in [-0.05, 0) is 6.07 Å². The number of nitrogens with two attached hydrogens (primary N) is 1. The highest BCUT2D eigenvalue weighted by Crippen LogP contribution is 2.16. The lowest BCUT2D eigenvalue weighted by molar-refractivity contribution is 0.157. The van der Waals surface area contributed by atoms with Crippen LogP contribution < -0.4 is 11.1 Å². The lowest BCUT2D eigenvalue weighted by Gasteiger charge is -2.03. The summed E-state index contributed by atoms with van der Waals surface area (Å²) < 4.78 is 6.48. The lowest BCUT2D eigenvalue weighted by Crippen LogP contribution is -2.23. The number of carbonyl (C=O) groups is 1. The highest BCUT2D eigenvalue weighted by atomic mass is 16.5. The van der Waals surface area contributed by atoms with Crippen molar-refractivity contribution in [3.63, 3.8) is 0 Å². The van der Waals surface area contributed by atoms with Crippen LogP contribution in [0.3, 0.4) is 0 Å². The molecule has 0 fully saturated rings. The number of primary amides is 1. The number of hydrogen-bond donors (Lipinski definition) is 2. The van der Waals surface area contributed by atoms with Crippen LogP contribution in [0.25, 0.3) is 10.9 Å². The van der Waals surface area contributed by atoms with Crippen molar-refractivity contribution in [3.05, 3.63) is 30.0 Å². The van der Waals surface area contributed by atoms with Crippen molar-refractivity contribution in [2.24, 2.45) is 12.8 Å². The summed E-state index contributed by atoms with van der Waals surface area (Å²) >= 11 is 0. The topological polar surface area (TPSA) is 82.2 Å². The van der Waals surface area contributed by atoms with Crippen molar-refractivity contribution in [2.45, 2.75) is 6.54 Å². The van der Waals surface area contributed by atoms with Crippen molar-refractivity contribution >= 4 is 17.0 Å². The third-order valence-corrected chi connectivity index (χ3v) is 2.65. The summed E-state index contributed by atoms with van der Waals surface area (Å²) in [6, 6.07) is 8.05. The maximum absolute atomic E-state index is 10.4. The van der Waals surface area contributed by atoms with E-state index < -0.39 is 6.09 Å². The Kier molecular flexibility index (Phi) is 3.78. The van der Waals surface area contributed by atoms with Gasteiger partial charge in [0, 0.05) is 25.5 Å². The molecule has 1 aromatic heterocycles. The molecule has 18 heavy (non-hydrogen) atoms. The number of rotatable bonds is 5. The number of amides is 1. The molecule has 1 heterocycles. The number of aryl methyl sites for hydroxylation is 1. The molecule has 6 nitrogen and oxygen atoms in total. The van der Waals surface area contributed by atoms with Crippen molar-refractivity contribution < 1.29 is 9.53 Å². The number of aromatic nitrogens is 2. The van der Waals surface area contributed by atoms with Crippen LogP contribution in [0.1, 0.15) is 5.69 Å². The van der Waals surface area contributed by atoms with E-state index in [1.807, 2.05) is 36.0 Å². The molecular formula is C12H16N4O2. The predicted octanol–water partition coefficient (Wildman–Crippen LogP) is 0.758. The fraction of sp³-hybridized carbons (Fsp3) is 0.333. The van der Waals surface area contributed by atoms with Crippen LogP contribution in [0.2, 0.25) is 0 Å². The van der Waals surface area contributed by atoms with E-state index >= 15 is 0 Å². The van der Waals surface area contributed by atoms with Gasteiger partial charge >= 0.3 is 6.09 Å². The minimum Gasteiger partial charge on any atom is -0.448 e. The van der Waals surface area contributed by atoms with Gasteiger partial charge in [-0.3, -0.25) is 4.68 Å². The first-order chi connectivity index (χ1) is 8.68. The zero-order valence-electron chi connectivity index (χ0n) is 10.2. The molecule has 0 spiro atoms. The molecule has 0 saturated heterocycles. The van der Waals surface area contributed by atoms with Crippen molar-refractivity contribution in [1.29, 1.82) is 0 Å². The third kappa shape index (κ3) is 2.78. The summed E-state index contributed by atoms with van der Waals surface area (Å²) in [6.07, 6.45) is -0.750. The Morgan fingerprint density at radius 3 is 3.06 bits per heavy atom. The number of ether oxygens (including phenoxy) is 1. The molecule has 0 saturated carbocycles. The van der Waals surface area contributed by atoms with E-state index in [9.17, 15) is 4.79 Å². The van der Waals surface area contributed by atoms with E-state index in [0.717, 1.165) is 16.6 Å². The van der Waals surface area contributed by atoms with Crippen LogP contribution in [-0.4, -0.2) is 29.0 Å². The van der Waals surface area contributed by atoms with Gasteiger partial charge in [0.2, 0.25) is 0 Å². The molecule has 6 heteroatoms. The van der Waals surface area contributed by atoms with E-state index in [-0.39, 0.29) is 6.61 Å². The summed E-state index contributed by atoms with van der Waals surface area (Å²) in [4.78, 5) is 10.4. The fourth-order valence-corrected chi connectivity index (χ4v) is 1.85. The molecular weight excluding hydrogens is 232 g/mol. The second-order valence-corrected chi connectivity index (χ2v) is 3.93. The average molecular weight is 248 g/mol. The Bertz CT molecular complexity index is 550. The van der Waals surface area contributed by atoms with Gasteiger partial charge in [-0.1, -0.05) is 18.2 Å². The van der Waals surface area contributed by atoms with Crippen molar-refractivity contribution in [1.82, 2.24) is 15.1 Å². The first kappa shape index (κ1) is 12.4. The number of carbonyl (C=O) groups excluding carboxylic acids is 1. The molecule has 0 aliphatic rings. The van der Waals surface area contributed by atoms with Crippen LogP contribution in [0.15, 0.2) is 24.3 Å². The van der Waals surface area contributed by atoms with E-state index in [1.54, 1.807) is 0 Å². The summed E-state index contributed by atoms with van der Waals surface area (Å²) in [5, 5.41) is 8.73. The molecule has 96 valence electrons. The van der Waals surface area contributed by atoms with Crippen LogP contribution in [0, 0.1) is 0 Å². The summed E-state index contributed by atoms with van der Waals surface area (Å²) in [5.74, 6) is 0. The molecule has 0 aliphatic carbocycles. The number of nitrogens with one attached hydrogen (secondary N) is 1. The van der Waals surface area contributed by atoms with E-state index in [4.69, 9.17) is 5.73 Å². The lowest BCUT2D eigenvalue weighted by atomic mass is 10.2. The Labute approximate surface area is 105 Å². The van der Waals surface area contributed by atoms with E-state index in [1.165, 1.54) is 0 Å². The first-order valence-corrected chi connectivity index (χ1v) is 5.72. The van der Waals surface area contributed by atoms with Crippen LogP contribution in [0.4, 0.5) is 4.79 Å². The third-order valence-electron chi connectivity index (χ3n) is 2.65. The molecule has 0 aliphatic heterocycles. The zero-order valence-corrected chi connectivity index (χ0v) is 10.2. The second-order valence-electron chi connectivity index (χ2n) is 3.93. The van der Waals surface area contributed by atoms with Crippen LogP contribution in [-0.2, 0) is 18.3 Å². The van der Waals surface area contributed by atoms with Gasteiger partial charge in [0.1, 0.15) is 6.61 Å². The molecule has 1 amide bonds. The maximum Gasteiger partial charge on any atom is 0.404 e. The van der Waals surface area contributed by atoms with E-state index in [0.29, 0.717) is 13.1 Å². The number of nitrogens with zero attached hydrogens (tertiary/aromatic N) is 2. The van der Waals surface area contributed by atoms with Crippen LogP contribution in [0.5, 0.6) is 0 Å². The monoisotopic (exact) mass is 248 g/mol. The number of benzene rings is 1. The molecule has 0 atom stereocenters. The second kappa shape index (κ2) is 5.50. The fourth-order valence-electron chi connectivity index (χ4n) is 1.85. The smallest absolute Gasteiger partial charge is 0.404 e. The quantitative estimate of drug-likeness (QED) is 0.765. The van der Waals surface area contributed by atoms with Crippen molar-refractivity contribution in [2.75, 3.05) is 13.2 Å². The highest BCUT2D eigenvalue weighted by Gasteiger charge is 2.06. The Morgan fingerprint density at radius 2 is 2.28 bits per heavy atom. The number of fused-ring (bicyclic) bond motifs is 1. The SMILES string of the molecule is Cn1nc(CNCCOC(N)=O)c2ccccc21. The van der Waals surface area contributed by atoms with Crippen molar-refractivity contribution in [3.8, 4) is 0 Å². The molecule has 1 aromatic carbocycles. The average Bonchev–Trinajstić information content (AvgIpc) is 2.66. The summed E-state index contributed by atoms with van der Waals surface area (Å²) in [5.41, 5.74) is 6.94. The minimum absolute atomic E-state index is 0.264. The Hall–Kier alpha value is -2.08. The highest BCUT2D eigenvalue weighted by molar-refractivity contribution is 5.81. The molecule has 2 aromatic rings. The Morgan fingerprint density at radius 1 is 1.50 bits per heavy atom. The van der Waals surface area contributed by atoms with Gasteiger partial charge < -0.3 is 15.8 Å². The van der Waals surface area contributed by atoms with Gasteiger partial charge in [0.25, 0.3) is 0 Å². The van der Waals surface area contributed by atoms with Gasteiger partial charge in [-0.15, -0.1) is 0 Å². The van der Waals surface area contributed by atoms with Crippen LogP contribution >= 0.6 is 0 Å². The maximum atomic E-state index is 10.4. The summed E-state index contributed by atoms with van der Waals surface area (Å²) in [7, 11) is 1.92. The van der Waals surface area contributed by atoms with Gasteiger partial charge in [-0.2, -0.15) is 5.10 Å². The Balaban J connectivity index is 1.94. The molecule has 3 N–H and O–H groups in total. The first-order valence-electron chi connectivity index (χ1n) is 5.72. The molecule has 0 radical (unpaired) electrons. The molecule has 0 unspecified atom stereocenters. The number of hydrogen-bond acceptors (Lipinski definition) is 4. The number of para-hydroxylation sites is 1. The largest absolute Gasteiger partial charge is 0.448 e. The standard InChI is InChI=1S/C12H16N4O2/c1-16-11-5-3-2-4-9(11)10(15-16)8-14-6-7-18-12(13)17/h2-5,14H,6-8H2,1H3,(H2,13,17). The normalized spacial score (nSPS) is 10.7. The van der Waals surface area contributed by atoms with Gasteiger partial charge in [-0.25, -0.2) is 4.79 Å². The molecule has 0 bridgehead atoms. The van der Waals surface area contributed by atoms with Gasteiger partial charge in [0.05, 0.1) is 11.2 Å². The summed E-state index contributed by atoms with van der Waals surface area (Å²) in [6.45, 7) is 1.44. The van der Waals surface area contributed by atoms with E-state index in [2.05, 4.69) is 15.2 Å².